The van der Waals surface area contributed by atoms with Crippen molar-refractivity contribution in [2.45, 2.75) is 19.8 Å². The number of benzene rings is 2. The molecule has 142 valence electrons. The van der Waals surface area contributed by atoms with E-state index in [4.69, 9.17) is 14.5 Å². The van der Waals surface area contributed by atoms with E-state index in [0.29, 0.717) is 5.56 Å². The lowest BCUT2D eigenvalue weighted by Gasteiger charge is -2.09. The Morgan fingerprint density at radius 2 is 1.52 bits per heavy atom. The second-order valence-corrected chi connectivity index (χ2v) is 5.44. The fourth-order valence-corrected chi connectivity index (χ4v) is 2.19. The second-order valence-electron chi connectivity index (χ2n) is 5.44. The van der Waals surface area contributed by atoms with Crippen LogP contribution in [0.3, 0.4) is 0 Å². The van der Waals surface area contributed by atoms with Crippen molar-refractivity contribution in [2.24, 2.45) is 0 Å². The van der Waals surface area contributed by atoms with Gasteiger partial charge in [0.05, 0.1) is 19.4 Å². The van der Waals surface area contributed by atoms with Gasteiger partial charge in [-0.15, -0.1) is 0 Å². The average molecular weight is 372 g/mol. The standard InChI is InChI=1S/C20H20O7/c1-2-24-18(21)13-16-10-6-7-11-17(16)27-25-14-20(23)26-19(22)12-15-8-4-3-5-9-15/h3-11H,2,12-14H2,1H3. The maximum Gasteiger partial charge on any atom is 0.344 e. The van der Waals surface area contributed by atoms with Crippen LogP contribution in [-0.4, -0.2) is 31.1 Å². The molecule has 0 aliphatic rings. The van der Waals surface area contributed by atoms with Gasteiger partial charge in [-0.05, 0) is 18.6 Å². The van der Waals surface area contributed by atoms with Gasteiger partial charge in [-0.2, -0.15) is 4.89 Å². The van der Waals surface area contributed by atoms with Crippen LogP contribution in [0, 0.1) is 0 Å². The highest BCUT2D eigenvalue weighted by Crippen LogP contribution is 2.19. The van der Waals surface area contributed by atoms with Gasteiger partial charge in [0.25, 0.3) is 0 Å². The molecule has 0 aromatic heterocycles. The summed E-state index contributed by atoms with van der Waals surface area (Å²) in [6.45, 7) is 1.42. The van der Waals surface area contributed by atoms with E-state index in [2.05, 4.69) is 4.74 Å². The molecule has 0 atom stereocenters. The predicted octanol–water partition coefficient (Wildman–Crippen LogP) is 2.42. The molecule has 0 amide bonds. The lowest BCUT2D eigenvalue weighted by molar-refractivity contribution is -0.216. The Morgan fingerprint density at radius 1 is 0.815 bits per heavy atom. The Balaban J connectivity index is 1.78. The summed E-state index contributed by atoms with van der Waals surface area (Å²) in [6, 6.07) is 15.6. The van der Waals surface area contributed by atoms with Gasteiger partial charge < -0.3 is 14.4 Å². The molecule has 0 unspecified atom stereocenters. The first-order valence-corrected chi connectivity index (χ1v) is 8.39. The summed E-state index contributed by atoms with van der Waals surface area (Å²) in [7, 11) is 0. The molecule has 7 nitrogen and oxygen atoms in total. The topological polar surface area (TPSA) is 88.1 Å². The number of carbonyl (C=O) groups excluding carboxylic acids is 3. The van der Waals surface area contributed by atoms with Crippen molar-refractivity contribution in [1.29, 1.82) is 0 Å². The first kappa shape index (κ1) is 20.1. The van der Waals surface area contributed by atoms with E-state index < -0.39 is 24.5 Å². The van der Waals surface area contributed by atoms with Crippen LogP contribution in [0.5, 0.6) is 5.75 Å². The number of hydrogen-bond donors (Lipinski definition) is 0. The van der Waals surface area contributed by atoms with Crippen molar-refractivity contribution in [3.8, 4) is 5.75 Å². The normalized spacial score (nSPS) is 10.1. The van der Waals surface area contributed by atoms with E-state index in [9.17, 15) is 14.4 Å². The molecule has 2 aromatic rings. The van der Waals surface area contributed by atoms with Crippen molar-refractivity contribution < 1.29 is 33.6 Å². The molecule has 0 heterocycles. The van der Waals surface area contributed by atoms with Gasteiger partial charge in [0.1, 0.15) is 0 Å². The number of rotatable bonds is 9. The Hall–Kier alpha value is -3.19. The van der Waals surface area contributed by atoms with Gasteiger partial charge in [-0.1, -0.05) is 48.5 Å². The third-order valence-electron chi connectivity index (χ3n) is 3.36. The summed E-state index contributed by atoms with van der Waals surface area (Å²) >= 11 is 0. The minimum atomic E-state index is -0.876. The molecule has 7 heteroatoms. The zero-order valence-electron chi connectivity index (χ0n) is 14.9. The molecule has 0 spiro atoms. The van der Waals surface area contributed by atoms with E-state index in [1.165, 1.54) is 0 Å². The van der Waals surface area contributed by atoms with Crippen LogP contribution in [0.1, 0.15) is 18.1 Å². The van der Waals surface area contributed by atoms with E-state index in [1.807, 2.05) is 6.07 Å². The highest BCUT2D eigenvalue weighted by molar-refractivity contribution is 5.87. The first-order valence-electron chi connectivity index (χ1n) is 8.39. The maximum atomic E-state index is 11.7. The van der Waals surface area contributed by atoms with Crippen LogP contribution in [0.25, 0.3) is 0 Å². The molecule has 0 aliphatic carbocycles. The van der Waals surface area contributed by atoms with Crippen molar-refractivity contribution in [1.82, 2.24) is 0 Å². The monoisotopic (exact) mass is 372 g/mol. The molecule has 0 bridgehead atoms. The molecule has 2 rings (SSSR count). The quantitative estimate of drug-likeness (QED) is 0.289. The SMILES string of the molecule is CCOC(=O)Cc1ccccc1OOCC(=O)OC(=O)Cc1ccccc1. The smallest absolute Gasteiger partial charge is 0.344 e. The minimum Gasteiger partial charge on any atom is -0.466 e. The Bertz CT molecular complexity index is 771. The highest BCUT2D eigenvalue weighted by atomic mass is 17.2. The first-order chi connectivity index (χ1) is 13.1. The number of esters is 3. The Morgan fingerprint density at radius 3 is 2.26 bits per heavy atom. The largest absolute Gasteiger partial charge is 0.466 e. The lowest BCUT2D eigenvalue weighted by Crippen LogP contribution is -2.20. The van der Waals surface area contributed by atoms with Crippen LogP contribution in [0.2, 0.25) is 0 Å². The van der Waals surface area contributed by atoms with E-state index in [1.54, 1.807) is 55.5 Å². The van der Waals surface area contributed by atoms with Gasteiger partial charge >= 0.3 is 17.9 Å². The molecule has 2 aromatic carbocycles. The second kappa shape index (κ2) is 10.7. The summed E-state index contributed by atoms with van der Waals surface area (Å²) in [5, 5.41) is 0. The Kier molecular flexibility index (Phi) is 7.99. The number of hydrogen-bond acceptors (Lipinski definition) is 7. The van der Waals surface area contributed by atoms with E-state index in [-0.39, 0.29) is 25.2 Å². The van der Waals surface area contributed by atoms with E-state index >= 15 is 0 Å². The van der Waals surface area contributed by atoms with Gasteiger partial charge in [0.15, 0.2) is 12.4 Å². The summed E-state index contributed by atoms with van der Waals surface area (Å²) in [6.07, 6.45) is -0.0107. The fourth-order valence-electron chi connectivity index (χ4n) is 2.19. The number of carbonyl (C=O) groups is 3. The number of ether oxygens (including phenoxy) is 2. The predicted molar refractivity (Wildman–Crippen MR) is 94.6 cm³/mol. The summed E-state index contributed by atoms with van der Waals surface area (Å²) in [4.78, 5) is 44.9. The van der Waals surface area contributed by atoms with Crippen LogP contribution in [0.15, 0.2) is 54.6 Å². The van der Waals surface area contributed by atoms with Crippen LogP contribution in [-0.2, 0) is 41.6 Å². The maximum absolute atomic E-state index is 11.7. The average Bonchev–Trinajstić information content (AvgIpc) is 2.64. The van der Waals surface area contributed by atoms with Crippen molar-refractivity contribution in [2.75, 3.05) is 13.2 Å². The molecular weight excluding hydrogens is 352 g/mol. The molecule has 0 saturated heterocycles. The number of para-hydroxylation sites is 1. The third kappa shape index (κ3) is 7.29. The van der Waals surface area contributed by atoms with Gasteiger partial charge in [0, 0.05) is 5.56 Å². The van der Waals surface area contributed by atoms with Crippen molar-refractivity contribution in [3.63, 3.8) is 0 Å². The van der Waals surface area contributed by atoms with Crippen LogP contribution >= 0.6 is 0 Å². The van der Waals surface area contributed by atoms with E-state index in [0.717, 1.165) is 5.56 Å². The van der Waals surface area contributed by atoms with Crippen molar-refractivity contribution >= 4 is 17.9 Å². The minimum absolute atomic E-state index is 0.00732. The summed E-state index contributed by atoms with van der Waals surface area (Å²) in [5.41, 5.74) is 1.28. The fraction of sp³-hybridized carbons (Fsp3) is 0.250. The molecule has 0 fully saturated rings. The van der Waals surface area contributed by atoms with Crippen molar-refractivity contribution in [3.05, 3.63) is 65.7 Å². The highest BCUT2D eigenvalue weighted by Gasteiger charge is 2.14. The summed E-state index contributed by atoms with van der Waals surface area (Å²) in [5.74, 6) is -1.69. The third-order valence-corrected chi connectivity index (χ3v) is 3.36. The molecule has 0 N–H and O–H groups in total. The van der Waals surface area contributed by atoms with Gasteiger partial charge in [-0.25, -0.2) is 4.79 Å². The zero-order chi connectivity index (χ0) is 19.5. The molecular formula is C20H20O7. The lowest BCUT2D eigenvalue weighted by atomic mass is 10.1. The zero-order valence-corrected chi connectivity index (χ0v) is 14.9. The molecule has 0 radical (unpaired) electrons. The van der Waals surface area contributed by atoms with Crippen LogP contribution in [0.4, 0.5) is 0 Å². The van der Waals surface area contributed by atoms with Gasteiger partial charge in [-0.3, -0.25) is 9.59 Å². The summed E-state index contributed by atoms with van der Waals surface area (Å²) < 4.78 is 9.55. The Labute approximate surface area is 156 Å². The molecule has 27 heavy (non-hydrogen) atoms. The van der Waals surface area contributed by atoms with Crippen LogP contribution < -0.4 is 4.89 Å². The molecule has 0 saturated carbocycles. The molecule has 0 aliphatic heterocycles. The van der Waals surface area contributed by atoms with Gasteiger partial charge in [0.2, 0.25) is 0 Å².